The van der Waals surface area contributed by atoms with Crippen molar-refractivity contribution >= 4 is 37.4 Å². The van der Waals surface area contributed by atoms with Gasteiger partial charge >= 0.3 is 13.8 Å². The lowest BCUT2D eigenvalue weighted by molar-refractivity contribution is -0.385. The van der Waals surface area contributed by atoms with Crippen molar-refractivity contribution in [1.82, 2.24) is 9.80 Å². The summed E-state index contributed by atoms with van der Waals surface area (Å²) in [5.74, 6) is -0.954. The lowest BCUT2D eigenvalue weighted by Gasteiger charge is -2.33. The van der Waals surface area contributed by atoms with Crippen LogP contribution in [0.5, 0.6) is 0 Å². The summed E-state index contributed by atoms with van der Waals surface area (Å²) in [5.41, 5.74) is 3.46. The standard InChI is InChI=1S/C22H29N6O11P.C6H15N/c1-21(2,8-7-12-5-3-4-6-13(12)28(32)33)39-20(31)22(23)17-18(24-10-26-22)27(11-25-17)19-16(30)15(29)14(38-19)9-37-40(34,35)36;1-4-7(5-2)6-3/h3-6,10,14-16,19,29-30H,7-9,11,23H2,1-2H3,(H2,34,35,36);4-6H2,1-3H3/t14-,15-,16-,19-,22?;/m1./s1. The second-order valence-electron chi connectivity index (χ2n) is 11.6. The third-order valence-electron chi connectivity index (χ3n) is 7.93. The van der Waals surface area contributed by atoms with Crippen molar-refractivity contribution in [3.8, 4) is 0 Å². The number of hydrogen-bond acceptors (Lipinski definition) is 15. The zero-order chi connectivity index (χ0) is 35.2. The van der Waals surface area contributed by atoms with Crippen LogP contribution in [0.4, 0.5) is 5.69 Å². The first kappa shape index (κ1) is 38.3. The largest absolute Gasteiger partial charge is 0.469 e. The number of fused-ring (bicyclic) bond motifs is 1. The van der Waals surface area contributed by atoms with E-state index in [1.807, 2.05) is 0 Å². The number of nitrogens with zero attached hydrogens (tertiary/aromatic N) is 6. The van der Waals surface area contributed by atoms with Gasteiger partial charge < -0.3 is 39.3 Å². The third-order valence-corrected chi connectivity index (χ3v) is 8.41. The van der Waals surface area contributed by atoms with Gasteiger partial charge in [0.25, 0.3) is 11.4 Å². The van der Waals surface area contributed by atoms with Gasteiger partial charge in [0.15, 0.2) is 12.1 Å². The Balaban J connectivity index is 0.000000771. The summed E-state index contributed by atoms with van der Waals surface area (Å²) in [6.07, 6.45) is -4.20. The van der Waals surface area contributed by atoms with Crippen molar-refractivity contribution in [2.75, 3.05) is 32.9 Å². The number of amidine groups is 1. The second kappa shape index (κ2) is 15.8. The third kappa shape index (κ3) is 9.46. The molecule has 5 atom stereocenters. The molecular weight excluding hydrogens is 641 g/mol. The lowest BCUT2D eigenvalue weighted by Crippen LogP contribution is -2.61. The highest BCUT2D eigenvalue weighted by atomic mass is 31.2. The minimum atomic E-state index is -4.86. The number of aliphatic imine (C=N–C) groups is 3. The molecule has 6 N–H and O–H groups in total. The zero-order valence-electron chi connectivity index (χ0n) is 27.0. The average molecular weight is 686 g/mol. The first-order valence-electron chi connectivity index (χ1n) is 15.1. The highest BCUT2D eigenvalue weighted by Crippen LogP contribution is 2.38. The Morgan fingerprint density at radius 2 is 1.85 bits per heavy atom. The number of ether oxygens (including phenoxy) is 2. The molecule has 3 aliphatic rings. The number of phosphoric ester groups is 1. The maximum Gasteiger partial charge on any atom is 0.469 e. The molecule has 1 unspecified atom stereocenters. The Kier molecular flexibility index (Phi) is 12.9. The van der Waals surface area contributed by atoms with Crippen molar-refractivity contribution in [3.63, 3.8) is 0 Å². The normalized spacial score (nSPS) is 25.6. The lowest BCUT2D eigenvalue weighted by atomic mass is 9.96. The predicted octanol–water partition coefficient (Wildman–Crippen LogP) is 0.563. The summed E-state index contributed by atoms with van der Waals surface area (Å²) in [6, 6.07) is 6.25. The molecule has 0 aliphatic carbocycles. The van der Waals surface area contributed by atoms with E-state index in [2.05, 4.69) is 45.2 Å². The van der Waals surface area contributed by atoms with Crippen molar-refractivity contribution in [1.29, 1.82) is 0 Å². The Bertz CT molecular complexity index is 1410. The fourth-order valence-electron chi connectivity index (χ4n) is 5.11. The number of aliphatic hydroxyl groups is 2. The molecular formula is C28H44N7O11P. The summed E-state index contributed by atoms with van der Waals surface area (Å²) < 4.78 is 26.7. The van der Waals surface area contributed by atoms with E-state index in [1.165, 1.54) is 30.6 Å². The van der Waals surface area contributed by atoms with E-state index in [0.717, 1.165) is 6.34 Å². The highest BCUT2D eigenvalue weighted by molar-refractivity contribution is 7.46. The molecule has 262 valence electrons. The van der Waals surface area contributed by atoms with E-state index in [9.17, 15) is 29.7 Å². The number of carbonyl (C=O) groups is 1. The molecule has 18 nitrogen and oxygen atoms in total. The number of esters is 1. The summed E-state index contributed by atoms with van der Waals surface area (Å²) in [7, 11) is -4.86. The SMILES string of the molecule is CC(C)(CCc1ccccc1[N+](=O)[O-])OC(=O)C1(N)N=CN=C2C1=NCN2[C@@H]1O[C@H](COP(=O)(O)O)[C@@H](O)[C@H]1O.CCN(CC)CC. The Morgan fingerprint density at radius 3 is 2.43 bits per heavy atom. The number of aryl methyl sites for hydroxylation is 1. The molecule has 1 saturated heterocycles. The molecule has 3 aliphatic heterocycles. The molecule has 4 rings (SSSR count). The van der Waals surface area contributed by atoms with Crippen molar-refractivity contribution < 1.29 is 48.3 Å². The topological polar surface area (TPSA) is 255 Å². The van der Waals surface area contributed by atoms with Gasteiger partial charge in [-0.3, -0.25) is 25.4 Å². The molecule has 19 heteroatoms. The van der Waals surface area contributed by atoms with Crippen LogP contribution in [-0.4, -0.2) is 127 Å². The van der Waals surface area contributed by atoms with E-state index in [1.54, 1.807) is 32.0 Å². The molecule has 47 heavy (non-hydrogen) atoms. The highest BCUT2D eigenvalue weighted by Gasteiger charge is 2.54. The summed E-state index contributed by atoms with van der Waals surface area (Å²) in [4.78, 5) is 58.0. The average Bonchev–Trinajstić information content (AvgIpc) is 3.57. The van der Waals surface area contributed by atoms with E-state index in [0.29, 0.717) is 5.56 Å². The summed E-state index contributed by atoms with van der Waals surface area (Å²) in [6.45, 7) is 12.5. The molecule has 0 saturated carbocycles. The Hall–Kier alpha value is -3.19. The first-order valence-corrected chi connectivity index (χ1v) is 16.6. The molecule has 3 heterocycles. The van der Waals surface area contributed by atoms with Gasteiger partial charge in [0, 0.05) is 11.6 Å². The summed E-state index contributed by atoms with van der Waals surface area (Å²) in [5, 5.41) is 32.2. The monoisotopic (exact) mass is 685 g/mol. The second-order valence-corrected chi connectivity index (χ2v) is 12.8. The smallest absolute Gasteiger partial charge is 0.457 e. The number of para-hydroxylation sites is 1. The van der Waals surface area contributed by atoms with Crippen LogP contribution in [0.1, 0.15) is 46.6 Å². The summed E-state index contributed by atoms with van der Waals surface area (Å²) >= 11 is 0. The van der Waals surface area contributed by atoms with Gasteiger partial charge in [-0.1, -0.05) is 39.0 Å². The van der Waals surface area contributed by atoms with Gasteiger partial charge in [-0.05, 0) is 46.3 Å². The van der Waals surface area contributed by atoms with Crippen LogP contribution >= 0.6 is 7.82 Å². The molecule has 0 spiro atoms. The van der Waals surface area contributed by atoms with Crippen LogP contribution in [0.3, 0.4) is 0 Å². The van der Waals surface area contributed by atoms with E-state index in [4.69, 9.17) is 25.0 Å². The van der Waals surface area contributed by atoms with E-state index >= 15 is 0 Å². The van der Waals surface area contributed by atoms with Crippen LogP contribution in [0.25, 0.3) is 0 Å². The molecule has 0 bridgehead atoms. The van der Waals surface area contributed by atoms with Gasteiger partial charge in [0.05, 0.1) is 11.5 Å². The molecule has 1 aromatic carbocycles. The van der Waals surface area contributed by atoms with Gasteiger partial charge in [-0.25, -0.2) is 19.3 Å². The molecule has 1 aromatic rings. The molecule has 0 radical (unpaired) electrons. The number of nitrogens with two attached hydrogens (primary N) is 1. The van der Waals surface area contributed by atoms with Crippen LogP contribution in [0.2, 0.25) is 0 Å². The zero-order valence-corrected chi connectivity index (χ0v) is 27.9. The number of nitro benzene ring substituents is 1. The fraction of sp³-hybridized carbons (Fsp3) is 0.643. The van der Waals surface area contributed by atoms with Crippen LogP contribution in [0.15, 0.2) is 39.2 Å². The number of rotatable bonds is 13. The van der Waals surface area contributed by atoms with Crippen LogP contribution < -0.4 is 5.73 Å². The maximum absolute atomic E-state index is 13.3. The fourth-order valence-corrected chi connectivity index (χ4v) is 5.46. The quantitative estimate of drug-likeness (QED) is 0.0823. The number of aliphatic hydroxyl groups excluding tert-OH is 2. The first-order chi connectivity index (χ1) is 22.0. The van der Waals surface area contributed by atoms with Crippen molar-refractivity contribution in [2.45, 2.75) is 83.3 Å². The number of benzene rings is 1. The van der Waals surface area contributed by atoms with Crippen LogP contribution in [0, 0.1) is 10.1 Å². The van der Waals surface area contributed by atoms with Crippen LogP contribution in [-0.2, 0) is 29.8 Å². The van der Waals surface area contributed by atoms with E-state index < -0.39 is 61.1 Å². The van der Waals surface area contributed by atoms with Crippen molar-refractivity contribution in [2.24, 2.45) is 20.7 Å². The number of phosphoric acid groups is 1. The maximum atomic E-state index is 13.3. The molecule has 1 fully saturated rings. The predicted molar refractivity (Wildman–Crippen MR) is 171 cm³/mol. The Morgan fingerprint density at radius 1 is 1.21 bits per heavy atom. The van der Waals surface area contributed by atoms with Gasteiger partial charge in [-0.2, -0.15) is 0 Å². The van der Waals surface area contributed by atoms with E-state index in [-0.39, 0.29) is 36.7 Å². The molecule has 0 aromatic heterocycles. The van der Waals surface area contributed by atoms with Gasteiger partial charge in [0.1, 0.15) is 42.6 Å². The minimum Gasteiger partial charge on any atom is -0.457 e. The van der Waals surface area contributed by atoms with Gasteiger partial charge in [0.2, 0.25) is 0 Å². The van der Waals surface area contributed by atoms with Crippen molar-refractivity contribution in [3.05, 3.63) is 39.9 Å². The Labute approximate surface area is 272 Å². The number of carbonyl (C=O) groups excluding carboxylic acids is 1. The number of hydrogen-bond donors (Lipinski definition) is 5. The molecule has 0 amide bonds. The van der Waals surface area contributed by atoms with Gasteiger partial charge in [-0.15, -0.1) is 0 Å². The minimum absolute atomic E-state index is 0.0139. The number of nitro groups is 1.